The Bertz CT molecular complexity index is 1130. The lowest BCUT2D eigenvalue weighted by molar-refractivity contribution is 0.340. The van der Waals surface area contributed by atoms with Gasteiger partial charge in [-0.25, -0.2) is 0 Å². The number of phenols is 1. The number of methoxy groups -OCH3 is 1. The molecule has 0 fully saturated rings. The molecule has 2 atom stereocenters. The average Bonchev–Trinajstić information content (AvgIpc) is 2.81. The Morgan fingerprint density at radius 1 is 1.09 bits per heavy atom. The molecule has 0 saturated carbocycles. The third kappa shape index (κ3) is 4.93. The number of nitrogens with one attached hydrogen (secondary N) is 1. The van der Waals surface area contributed by atoms with Gasteiger partial charge >= 0.3 is 0 Å². The van der Waals surface area contributed by atoms with Gasteiger partial charge in [0.25, 0.3) is 0 Å². The maximum atomic E-state index is 10.6. The minimum absolute atomic E-state index is 0.193. The summed E-state index contributed by atoms with van der Waals surface area (Å²) in [6.07, 6.45) is 0.218. The van der Waals surface area contributed by atoms with E-state index in [1.165, 1.54) is 0 Å². The molecular formula is C25H24BrClN2O3. The van der Waals surface area contributed by atoms with Crippen LogP contribution in [-0.2, 0) is 0 Å². The molecule has 7 heteroatoms. The topological polar surface area (TPSA) is 63.1 Å². The maximum absolute atomic E-state index is 10.6. The summed E-state index contributed by atoms with van der Waals surface area (Å²) in [6, 6.07) is 18.7. The molecule has 0 bridgehead atoms. The van der Waals surface area contributed by atoms with Gasteiger partial charge in [0, 0.05) is 38.8 Å². The van der Waals surface area contributed by atoms with Crippen LogP contribution in [0.5, 0.6) is 17.2 Å². The van der Waals surface area contributed by atoms with Crippen LogP contribution in [-0.4, -0.2) is 24.5 Å². The molecule has 32 heavy (non-hydrogen) atoms. The van der Waals surface area contributed by atoms with E-state index in [-0.39, 0.29) is 18.0 Å². The Morgan fingerprint density at radius 2 is 1.88 bits per heavy atom. The Morgan fingerprint density at radius 3 is 2.59 bits per heavy atom. The Hall–Kier alpha value is -2.54. The van der Waals surface area contributed by atoms with Crippen LogP contribution in [0.25, 0.3) is 0 Å². The average molecular weight is 516 g/mol. The smallest absolute Gasteiger partial charge is 0.130 e. The van der Waals surface area contributed by atoms with Gasteiger partial charge in [0.05, 0.1) is 13.7 Å². The van der Waals surface area contributed by atoms with Crippen LogP contribution in [0, 0.1) is 0 Å². The zero-order chi connectivity index (χ0) is 22.7. The number of aromatic hydroxyl groups is 1. The predicted molar refractivity (Wildman–Crippen MR) is 131 cm³/mol. The standard InChI is InChI=1S/C25H24BrClN2O3/c1-3-32-18-8-4-15(5-9-18)21-14-22(19-13-17(27)7-10-23(19)30)29-25(28-21)20-12-16(26)6-11-24(20)31-2/h4-13,22,25,29-30H,3,14H2,1-2H3/t22-,25-/m0/s1. The number of benzene rings is 3. The molecule has 2 N–H and O–H groups in total. The number of hydrogen-bond acceptors (Lipinski definition) is 5. The van der Waals surface area contributed by atoms with Gasteiger partial charge < -0.3 is 14.6 Å². The highest BCUT2D eigenvalue weighted by atomic mass is 79.9. The van der Waals surface area contributed by atoms with Crippen molar-refractivity contribution in [3.63, 3.8) is 0 Å². The minimum Gasteiger partial charge on any atom is -0.508 e. The second-order valence-electron chi connectivity index (χ2n) is 7.45. The zero-order valence-corrected chi connectivity index (χ0v) is 20.2. The van der Waals surface area contributed by atoms with E-state index < -0.39 is 0 Å². The van der Waals surface area contributed by atoms with Gasteiger partial charge in [-0.1, -0.05) is 27.5 Å². The fourth-order valence-electron chi connectivity index (χ4n) is 3.87. The van der Waals surface area contributed by atoms with Crippen LogP contribution in [0.3, 0.4) is 0 Å². The van der Waals surface area contributed by atoms with Gasteiger partial charge in [-0.05, 0) is 73.2 Å². The zero-order valence-electron chi connectivity index (χ0n) is 17.8. The third-order valence-corrected chi connectivity index (χ3v) is 6.12. The molecule has 1 aliphatic heterocycles. The van der Waals surface area contributed by atoms with Gasteiger partial charge in [0.15, 0.2) is 0 Å². The van der Waals surface area contributed by atoms with Crippen LogP contribution in [0.15, 0.2) is 70.1 Å². The molecule has 3 aromatic rings. The van der Waals surface area contributed by atoms with E-state index in [0.717, 1.165) is 38.4 Å². The maximum Gasteiger partial charge on any atom is 0.130 e. The molecule has 1 aliphatic rings. The molecule has 0 spiro atoms. The van der Waals surface area contributed by atoms with E-state index in [9.17, 15) is 5.11 Å². The first kappa shape index (κ1) is 22.6. The number of ether oxygens (including phenoxy) is 2. The molecule has 0 aromatic heterocycles. The second-order valence-corrected chi connectivity index (χ2v) is 8.80. The number of hydrogen-bond donors (Lipinski definition) is 2. The van der Waals surface area contributed by atoms with E-state index in [4.69, 9.17) is 26.1 Å². The summed E-state index contributed by atoms with van der Waals surface area (Å²) in [5.41, 5.74) is 3.55. The number of rotatable bonds is 6. The van der Waals surface area contributed by atoms with Crippen LogP contribution in [0.1, 0.15) is 42.2 Å². The number of halogens is 2. The molecule has 0 radical (unpaired) electrons. The van der Waals surface area contributed by atoms with Gasteiger partial charge in [0.2, 0.25) is 0 Å². The summed E-state index contributed by atoms with van der Waals surface area (Å²) in [7, 11) is 1.65. The predicted octanol–water partition coefficient (Wildman–Crippen LogP) is 6.44. The van der Waals surface area contributed by atoms with Crippen LogP contribution in [0.4, 0.5) is 0 Å². The van der Waals surface area contributed by atoms with Gasteiger partial charge in [0.1, 0.15) is 23.4 Å². The highest BCUT2D eigenvalue weighted by Crippen LogP contribution is 2.38. The number of nitrogens with zero attached hydrogens (tertiary/aromatic N) is 1. The van der Waals surface area contributed by atoms with Gasteiger partial charge in [-0.3, -0.25) is 10.3 Å². The Balaban J connectivity index is 1.78. The highest BCUT2D eigenvalue weighted by Gasteiger charge is 2.29. The first-order valence-electron chi connectivity index (χ1n) is 10.4. The lowest BCUT2D eigenvalue weighted by atomic mass is 9.93. The van der Waals surface area contributed by atoms with Crippen LogP contribution in [0.2, 0.25) is 5.02 Å². The monoisotopic (exact) mass is 514 g/mol. The molecule has 3 aromatic carbocycles. The van der Waals surface area contributed by atoms with E-state index >= 15 is 0 Å². The van der Waals surface area contributed by atoms with Crippen molar-refractivity contribution in [3.05, 3.63) is 86.8 Å². The first-order valence-corrected chi connectivity index (χ1v) is 11.5. The molecule has 1 heterocycles. The normalized spacial score (nSPS) is 18.2. The molecule has 4 rings (SSSR count). The molecule has 0 aliphatic carbocycles. The molecule has 0 saturated heterocycles. The molecular weight excluding hydrogens is 492 g/mol. The fourth-order valence-corrected chi connectivity index (χ4v) is 4.43. The minimum atomic E-state index is -0.374. The number of phenolic OH excluding ortho intramolecular Hbond substituents is 1. The van der Waals surface area contributed by atoms with Crippen molar-refractivity contribution in [2.45, 2.75) is 25.6 Å². The van der Waals surface area contributed by atoms with Crippen molar-refractivity contribution >= 4 is 33.2 Å². The largest absolute Gasteiger partial charge is 0.508 e. The van der Waals surface area contributed by atoms with Gasteiger partial charge in [-0.2, -0.15) is 0 Å². The first-order chi connectivity index (χ1) is 15.5. The van der Waals surface area contributed by atoms with Crippen molar-refractivity contribution in [3.8, 4) is 17.2 Å². The summed E-state index contributed by atoms with van der Waals surface area (Å²) in [5.74, 6) is 1.75. The van der Waals surface area contributed by atoms with E-state index in [2.05, 4.69) is 21.2 Å². The molecule has 166 valence electrons. The van der Waals surface area contributed by atoms with Crippen molar-refractivity contribution < 1.29 is 14.6 Å². The second kappa shape index (κ2) is 9.94. The SMILES string of the molecule is CCOc1ccc(C2=N[C@H](c3cc(Br)ccc3OC)N[C@H](c3cc(Cl)ccc3O)C2)cc1. The van der Waals surface area contributed by atoms with Gasteiger partial charge in [-0.15, -0.1) is 0 Å². The summed E-state index contributed by atoms with van der Waals surface area (Å²) in [6.45, 7) is 2.58. The molecule has 5 nitrogen and oxygen atoms in total. The van der Waals surface area contributed by atoms with Crippen molar-refractivity contribution in [1.29, 1.82) is 0 Å². The third-order valence-electron chi connectivity index (χ3n) is 5.39. The summed E-state index contributed by atoms with van der Waals surface area (Å²) in [5, 5.41) is 14.7. The fraction of sp³-hybridized carbons (Fsp3) is 0.240. The van der Waals surface area contributed by atoms with E-state index in [0.29, 0.717) is 18.1 Å². The molecule has 0 amide bonds. The van der Waals surface area contributed by atoms with Crippen molar-refractivity contribution in [2.75, 3.05) is 13.7 Å². The number of aliphatic imine (C=N–C) groups is 1. The Kier molecular flexibility index (Phi) is 7.04. The summed E-state index contributed by atoms with van der Waals surface area (Å²) < 4.78 is 12.1. The highest BCUT2D eigenvalue weighted by molar-refractivity contribution is 9.10. The summed E-state index contributed by atoms with van der Waals surface area (Å²) >= 11 is 9.80. The van der Waals surface area contributed by atoms with E-state index in [1.807, 2.05) is 49.4 Å². The van der Waals surface area contributed by atoms with Crippen LogP contribution < -0.4 is 14.8 Å². The van der Waals surface area contributed by atoms with Crippen molar-refractivity contribution in [2.24, 2.45) is 4.99 Å². The quantitative estimate of drug-likeness (QED) is 0.397. The lowest BCUT2D eigenvalue weighted by Crippen LogP contribution is -2.33. The molecule has 0 unspecified atom stereocenters. The van der Waals surface area contributed by atoms with Crippen molar-refractivity contribution in [1.82, 2.24) is 5.32 Å². The van der Waals surface area contributed by atoms with E-state index in [1.54, 1.807) is 25.3 Å². The lowest BCUT2D eigenvalue weighted by Gasteiger charge is -2.31. The Labute approximate surface area is 201 Å². The summed E-state index contributed by atoms with van der Waals surface area (Å²) in [4.78, 5) is 5.02. The van der Waals surface area contributed by atoms with Crippen LogP contribution >= 0.6 is 27.5 Å².